The van der Waals surface area contributed by atoms with Gasteiger partial charge in [0.25, 0.3) is 0 Å². The first kappa shape index (κ1) is 20.1. The van der Waals surface area contributed by atoms with E-state index < -0.39 is 0 Å². The second-order valence-corrected chi connectivity index (χ2v) is 4.51. The largest absolute Gasteiger partial charge is 0.398 e. The molecule has 5 nitrogen and oxygen atoms in total. The Hall–Kier alpha value is -1.95. The van der Waals surface area contributed by atoms with E-state index in [0.29, 0.717) is 22.0 Å². The number of rotatable bonds is 3. The third-order valence-corrected chi connectivity index (χ3v) is 2.82. The van der Waals surface area contributed by atoms with E-state index in [2.05, 4.69) is 10.2 Å². The van der Waals surface area contributed by atoms with Crippen molar-refractivity contribution >= 4 is 53.8 Å². The van der Waals surface area contributed by atoms with Gasteiger partial charge in [-0.3, -0.25) is 0 Å². The SMILES string of the molecule is Cl.Cl.NC(N)=N/N=C(\c1ccccc1)c1cc(Cl)ccc1N. The number of anilines is 1. The Bertz CT molecular complexity index is 667. The number of halogens is 3. The normalized spacial score (nSPS) is 10.1. The molecule has 2 aromatic carbocycles. The molecule has 0 aromatic heterocycles. The maximum absolute atomic E-state index is 6.02. The van der Waals surface area contributed by atoms with Crippen molar-refractivity contribution in [1.82, 2.24) is 0 Å². The van der Waals surface area contributed by atoms with Gasteiger partial charge in [-0.15, -0.1) is 35.0 Å². The van der Waals surface area contributed by atoms with Crippen LogP contribution in [0.4, 0.5) is 5.69 Å². The molecular weight excluding hydrogens is 345 g/mol. The second kappa shape index (κ2) is 9.15. The molecule has 0 aliphatic heterocycles. The monoisotopic (exact) mass is 359 g/mol. The smallest absolute Gasteiger partial charge is 0.211 e. The molecule has 0 aliphatic rings. The highest BCUT2D eigenvalue weighted by atomic mass is 35.5. The van der Waals surface area contributed by atoms with Crippen molar-refractivity contribution in [3.63, 3.8) is 0 Å². The van der Waals surface area contributed by atoms with Gasteiger partial charge in [-0.05, 0) is 18.2 Å². The second-order valence-electron chi connectivity index (χ2n) is 4.07. The van der Waals surface area contributed by atoms with Gasteiger partial charge in [0.15, 0.2) is 0 Å². The summed E-state index contributed by atoms with van der Waals surface area (Å²) in [5, 5.41) is 8.35. The van der Waals surface area contributed by atoms with Crippen LogP contribution in [0.2, 0.25) is 5.02 Å². The average Bonchev–Trinajstić information content (AvgIpc) is 2.43. The van der Waals surface area contributed by atoms with Gasteiger partial charge in [-0.1, -0.05) is 41.9 Å². The van der Waals surface area contributed by atoms with Crippen LogP contribution in [0.15, 0.2) is 58.7 Å². The van der Waals surface area contributed by atoms with Crippen molar-refractivity contribution in [1.29, 1.82) is 0 Å². The molecular formula is C14H16Cl3N5. The molecule has 22 heavy (non-hydrogen) atoms. The van der Waals surface area contributed by atoms with E-state index in [4.69, 9.17) is 28.8 Å². The van der Waals surface area contributed by atoms with Crippen LogP contribution in [-0.4, -0.2) is 11.7 Å². The summed E-state index contributed by atoms with van der Waals surface area (Å²) >= 11 is 6.02. The molecule has 2 rings (SSSR count). The molecule has 0 fully saturated rings. The molecule has 6 N–H and O–H groups in total. The molecule has 0 spiro atoms. The maximum Gasteiger partial charge on any atom is 0.211 e. The van der Waals surface area contributed by atoms with Crippen LogP contribution >= 0.6 is 36.4 Å². The molecule has 0 heterocycles. The van der Waals surface area contributed by atoms with Crippen LogP contribution in [0, 0.1) is 0 Å². The van der Waals surface area contributed by atoms with Crippen molar-refractivity contribution in [3.8, 4) is 0 Å². The molecule has 8 heteroatoms. The van der Waals surface area contributed by atoms with Gasteiger partial charge in [-0.2, -0.15) is 0 Å². The minimum atomic E-state index is -0.126. The Balaban J connectivity index is 0.00000220. The van der Waals surface area contributed by atoms with Crippen molar-refractivity contribution in [2.24, 2.45) is 21.7 Å². The number of nitrogen functional groups attached to an aromatic ring is 1. The molecule has 2 aromatic rings. The quantitative estimate of drug-likeness (QED) is 0.339. The van der Waals surface area contributed by atoms with Gasteiger partial charge in [0.2, 0.25) is 5.96 Å². The lowest BCUT2D eigenvalue weighted by Gasteiger charge is -2.09. The van der Waals surface area contributed by atoms with Crippen LogP contribution in [0.25, 0.3) is 0 Å². The minimum Gasteiger partial charge on any atom is -0.398 e. The Kier molecular flexibility index (Phi) is 8.34. The van der Waals surface area contributed by atoms with Crippen LogP contribution < -0.4 is 17.2 Å². The number of benzene rings is 2. The van der Waals surface area contributed by atoms with Gasteiger partial charge in [0, 0.05) is 21.8 Å². The Morgan fingerprint density at radius 3 is 2.14 bits per heavy atom. The van der Waals surface area contributed by atoms with Crippen LogP contribution in [0.3, 0.4) is 0 Å². The fourth-order valence-electron chi connectivity index (χ4n) is 1.70. The average molecular weight is 361 g/mol. The number of nitrogens with zero attached hydrogens (tertiary/aromatic N) is 2. The highest BCUT2D eigenvalue weighted by Crippen LogP contribution is 2.22. The number of hydrogen-bond donors (Lipinski definition) is 3. The summed E-state index contributed by atoms with van der Waals surface area (Å²) in [6.07, 6.45) is 0. The summed E-state index contributed by atoms with van der Waals surface area (Å²) in [6, 6.07) is 14.6. The van der Waals surface area contributed by atoms with E-state index >= 15 is 0 Å². The molecule has 118 valence electrons. The van der Waals surface area contributed by atoms with Gasteiger partial charge in [0.1, 0.15) is 5.71 Å². The Labute approximate surface area is 146 Å². The van der Waals surface area contributed by atoms with Crippen molar-refractivity contribution in [2.45, 2.75) is 0 Å². The molecule has 0 unspecified atom stereocenters. The van der Waals surface area contributed by atoms with Crippen LogP contribution in [0.1, 0.15) is 11.1 Å². The van der Waals surface area contributed by atoms with Gasteiger partial charge in [0.05, 0.1) is 0 Å². The lowest BCUT2D eigenvalue weighted by molar-refractivity contribution is 1.20. The zero-order valence-corrected chi connectivity index (χ0v) is 13.8. The molecule has 0 atom stereocenters. The van der Waals surface area contributed by atoms with E-state index in [1.807, 2.05) is 30.3 Å². The van der Waals surface area contributed by atoms with Crippen molar-refractivity contribution < 1.29 is 0 Å². The summed E-state index contributed by atoms with van der Waals surface area (Å²) in [5.74, 6) is -0.126. The predicted octanol–water partition coefficient (Wildman–Crippen LogP) is 2.79. The first-order valence-corrected chi connectivity index (χ1v) is 6.23. The fraction of sp³-hybridized carbons (Fsp3) is 0. The molecule has 0 bridgehead atoms. The van der Waals surface area contributed by atoms with E-state index in [1.165, 1.54) is 0 Å². The fourth-order valence-corrected chi connectivity index (χ4v) is 1.88. The Morgan fingerprint density at radius 1 is 0.909 bits per heavy atom. The van der Waals surface area contributed by atoms with Crippen LogP contribution in [0.5, 0.6) is 0 Å². The number of guanidine groups is 1. The minimum absolute atomic E-state index is 0. The summed E-state index contributed by atoms with van der Waals surface area (Å²) in [4.78, 5) is 0. The van der Waals surface area contributed by atoms with Crippen LogP contribution in [-0.2, 0) is 0 Å². The zero-order valence-electron chi connectivity index (χ0n) is 11.4. The zero-order chi connectivity index (χ0) is 14.5. The van der Waals surface area contributed by atoms with Gasteiger partial charge < -0.3 is 17.2 Å². The first-order chi connectivity index (χ1) is 9.58. The maximum atomic E-state index is 6.02. The number of hydrogen-bond acceptors (Lipinski definition) is 3. The summed E-state index contributed by atoms with van der Waals surface area (Å²) in [5.41, 5.74) is 19.3. The van der Waals surface area contributed by atoms with Crippen molar-refractivity contribution in [3.05, 3.63) is 64.7 Å². The first-order valence-electron chi connectivity index (χ1n) is 5.85. The van der Waals surface area contributed by atoms with Gasteiger partial charge in [-0.25, -0.2) is 0 Å². The standard InChI is InChI=1S/C14H14ClN5.2ClH/c15-10-6-7-12(16)11(8-10)13(19-20-14(17)18)9-4-2-1-3-5-9;;/h1-8H,16H2,(H4,17,18,20);2*1H/b19-13+;;. The van der Waals surface area contributed by atoms with Gasteiger partial charge >= 0.3 is 0 Å². The molecule has 0 saturated carbocycles. The van der Waals surface area contributed by atoms with E-state index in [0.717, 1.165) is 5.56 Å². The highest BCUT2D eigenvalue weighted by Gasteiger charge is 2.11. The number of nitrogens with two attached hydrogens (primary N) is 3. The predicted molar refractivity (Wildman–Crippen MR) is 98.3 cm³/mol. The highest BCUT2D eigenvalue weighted by molar-refractivity contribution is 6.31. The van der Waals surface area contributed by atoms with Crippen molar-refractivity contribution in [2.75, 3.05) is 5.73 Å². The summed E-state index contributed by atoms with van der Waals surface area (Å²) in [7, 11) is 0. The van der Waals surface area contributed by atoms with E-state index in [-0.39, 0.29) is 30.8 Å². The lowest BCUT2D eigenvalue weighted by Crippen LogP contribution is -2.22. The third kappa shape index (κ3) is 5.11. The molecule has 0 saturated heterocycles. The molecule has 0 radical (unpaired) electrons. The molecule has 0 amide bonds. The topological polar surface area (TPSA) is 103 Å². The Morgan fingerprint density at radius 2 is 1.55 bits per heavy atom. The molecule has 0 aliphatic carbocycles. The summed E-state index contributed by atoms with van der Waals surface area (Å²) < 4.78 is 0. The van der Waals surface area contributed by atoms with E-state index in [9.17, 15) is 0 Å². The van der Waals surface area contributed by atoms with E-state index in [1.54, 1.807) is 18.2 Å². The third-order valence-electron chi connectivity index (χ3n) is 2.58. The summed E-state index contributed by atoms with van der Waals surface area (Å²) in [6.45, 7) is 0. The lowest BCUT2D eigenvalue weighted by atomic mass is 10.0.